The fraction of sp³-hybridized carbons (Fsp3) is 0.615. The Balaban J connectivity index is 5.13. The van der Waals surface area contributed by atoms with E-state index >= 15 is 0 Å². The molecule has 0 saturated heterocycles. The van der Waals surface area contributed by atoms with Gasteiger partial charge in [-0.2, -0.15) is 5.26 Å². The maximum Gasteiger partial charge on any atom is 0.324 e. The second kappa shape index (κ2) is 6.19. The van der Waals surface area contributed by atoms with Crippen molar-refractivity contribution in [3.8, 4) is 6.07 Å². The summed E-state index contributed by atoms with van der Waals surface area (Å²) in [5, 5.41) is 9.02. The standard InChI is InChI=1S/C13H19NO3/c1-6-17-12(16)10(8-14)13(4,5)11(15)7-9(2)3/h7,10H,6H2,1-5H3. The van der Waals surface area contributed by atoms with Crippen LogP contribution in [-0.4, -0.2) is 18.4 Å². The van der Waals surface area contributed by atoms with Gasteiger partial charge in [-0.1, -0.05) is 19.4 Å². The van der Waals surface area contributed by atoms with Crippen molar-refractivity contribution >= 4 is 11.8 Å². The fourth-order valence-electron chi connectivity index (χ4n) is 1.32. The number of rotatable bonds is 5. The number of carbonyl (C=O) groups excluding carboxylic acids is 2. The Morgan fingerprint density at radius 1 is 1.41 bits per heavy atom. The van der Waals surface area contributed by atoms with Crippen LogP contribution in [0.5, 0.6) is 0 Å². The van der Waals surface area contributed by atoms with Crippen LogP contribution in [0.1, 0.15) is 34.6 Å². The summed E-state index contributed by atoms with van der Waals surface area (Å²) in [6.45, 7) is 8.61. The van der Waals surface area contributed by atoms with Crippen LogP contribution in [0.2, 0.25) is 0 Å². The molecule has 0 fully saturated rings. The molecule has 0 bridgehead atoms. The highest BCUT2D eigenvalue weighted by Crippen LogP contribution is 2.29. The molecule has 1 unspecified atom stereocenters. The molecule has 0 heterocycles. The zero-order valence-corrected chi connectivity index (χ0v) is 11.0. The molecule has 1 atom stereocenters. The van der Waals surface area contributed by atoms with Gasteiger partial charge in [0, 0.05) is 0 Å². The van der Waals surface area contributed by atoms with Crippen molar-refractivity contribution < 1.29 is 14.3 Å². The first-order chi connectivity index (χ1) is 7.77. The van der Waals surface area contributed by atoms with E-state index in [9.17, 15) is 9.59 Å². The zero-order chi connectivity index (χ0) is 13.6. The molecule has 0 aromatic heterocycles. The lowest BCUT2D eigenvalue weighted by molar-refractivity contribution is -0.152. The third-order valence-corrected chi connectivity index (χ3v) is 2.43. The van der Waals surface area contributed by atoms with Gasteiger partial charge in [0.15, 0.2) is 11.7 Å². The first kappa shape index (κ1) is 15.4. The van der Waals surface area contributed by atoms with E-state index in [2.05, 4.69) is 0 Å². The van der Waals surface area contributed by atoms with Crippen LogP contribution < -0.4 is 0 Å². The van der Waals surface area contributed by atoms with Crippen LogP contribution in [0.4, 0.5) is 0 Å². The van der Waals surface area contributed by atoms with Gasteiger partial charge in [-0.25, -0.2) is 0 Å². The number of ether oxygens (including phenoxy) is 1. The number of hydrogen-bond acceptors (Lipinski definition) is 4. The summed E-state index contributed by atoms with van der Waals surface area (Å²) in [5.41, 5.74) is -0.234. The Morgan fingerprint density at radius 2 is 1.94 bits per heavy atom. The number of ketones is 1. The van der Waals surface area contributed by atoms with Gasteiger partial charge in [-0.15, -0.1) is 0 Å². The summed E-state index contributed by atoms with van der Waals surface area (Å²) < 4.78 is 4.80. The van der Waals surface area contributed by atoms with E-state index in [0.29, 0.717) is 0 Å². The van der Waals surface area contributed by atoms with E-state index in [1.807, 2.05) is 6.07 Å². The summed E-state index contributed by atoms with van der Waals surface area (Å²) in [6.07, 6.45) is 1.45. The maximum absolute atomic E-state index is 11.9. The van der Waals surface area contributed by atoms with Gasteiger partial charge in [-0.05, 0) is 26.8 Å². The maximum atomic E-state index is 11.9. The summed E-state index contributed by atoms with van der Waals surface area (Å²) >= 11 is 0. The Labute approximate surface area is 102 Å². The van der Waals surface area contributed by atoms with Crippen molar-refractivity contribution in [2.75, 3.05) is 6.61 Å². The Kier molecular flexibility index (Phi) is 5.60. The molecule has 0 aliphatic heterocycles. The predicted octanol–water partition coefficient (Wildman–Crippen LogP) is 2.25. The number of allylic oxidation sites excluding steroid dienone is 2. The Bertz CT molecular complexity index is 371. The molecule has 0 N–H and O–H groups in total. The quantitative estimate of drug-likeness (QED) is 0.543. The van der Waals surface area contributed by atoms with Crippen LogP contribution in [0.3, 0.4) is 0 Å². The molecule has 4 nitrogen and oxygen atoms in total. The normalized spacial score (nSPS) is 12.2. The van der Waals surface area contributed by atoms with Crippen LogP contribution in [-0.2, 0) is 14.3 Å². The van der Waals surface area contributed by atoms with Crippen molar-refractivity contribution in [2.24, 2.45) is 11.3 Å². The summed E-state index contributed by atoms with van der Waals surface area (Å²) in [4.78, 5) is 23.5. The molecule has 0 aromatic carbocycles. The van der Waals surface area contributed by atoms with Gasteiger partial charge in [0.25, 0.3) is 0 Å². The van der Waals surface area contributed by atoms with E-state index in [4.69, 9.17) is 10.00 Å². The average Bonchev–Trinajstić information content (AvgIpc) is 2.17. The highest BCUT2D eigenvalue weighted by Gasteiger charge is 2.41. The van der Waals surface area contributed by atoms with Gasteiger partial charge in [0.2, 0.25) is 0 Å². The molecule has 4 heteroatoms. The highest BCUT2D eigenvalue weighted by molar-refractivity contribution is 5.98. The Morgan fingerprint density at radius 3 is 2.29 bits per heavy atom. The molecule has 0 radical (unpaired) electrons. The topological polar surface area (TPSA) is 67.2 Å². The van der Waals surface area contributed by atoms with Gasteiger partial charge in [-0.3, -0.25) is 9.59 Å². The lowest BCUT2D eigenvalue weighted by atomic mass is 9.75. The lowest BCUT2D eigenvalue weighted by Crippen LogP contribution is -2.37. The molecule has 0 spiro atoms. The van der Waals surface area contributed by atoms with Crippen LogP contribution >= 0.6 is 0 Å². The molecule has 17 heavy (non-hydrogen) atoms. The minimum Gasteiger partial charge on any atom is -0.465 e. The van der Waals surface area contributed by atoms with Gasteiger partial charge in [0.05, 0.1) is 18.1 Å². The minimum absolute atomic E-state index is 0.198. The first-order valence-corrected chi connectivity index (χ1v) is 5.53. The van der Waals surface area contributed by atoms with Crippen LogP contribution in [0.15, 0.2) is 11.6 Å². The third kappa shape index (κ3) is 4.03. The first-order valence-electron chi connectivity index (χ1n) is 5.53. The van der Waals surface area contributed by atoms with Crippen molar-refractivity contribution in [2.45, 2.75) is 34.6 Å². The summed E-state index contributed by atoms with van der Waals surface area (Å²) in [7, 11) is 0. The molecule has 0 aromatic rings. The molecular formula is C13H19NO3. The van der Waals surface area contributed by atoms with E-state index in [1.165, 1.54) is 6.08 Å². The predicted molar refractivity (Wildman–Crippen MR) is 64.0 cm³/mol. The molecule has 0 rings (SSSR count). The minimum atomic E-state index is -1.08. The molecule has 0 saturated carbocycles. The van der Waals surface area contributed by atoms with E-state index in [1.54, 1.807) is 34.6 Å². The van der Waals surface area contributed by atoms with Crippen molar-refractivity contribution in [3.63, 3.8) is 0 Å². The molecule has 0 amide bonds. The van der Waals surface area contributed by atoms with Gasteiger partial charge in [0.1, 0.15) is 0 Å². The second-order valence-electron chi connectivity index (χ2n) is 4.62. The molecular weight excluding hydrogens is 218 g/mol. The van der Waals surface area contributed by atoms with Crippen molar-refractivity contribution in [1.29, 1.82) is 5.26 Å². The highest BCUT2D eigenvalue weighted by atomic mass is 16.5. The summed E-state index contributed by atoms with van der Waals surface area (Å²) in [5.74, 6) is -1.96. The number of carbonyl (C=O) groups is 2. The number of esters is 1. The molecule has 0 aliphatic rings. The number of hydrogen-bond donors (Lipinski definition) is 0. The van der Waals surface area contributed by atoms with E-state index < -0.39 is 17.3 Å². The molecule has 94 valence electrons. The number of nitrogens with zero attached hydrogens (tertiary/aromatic N) is 1. The van der Waals surface area contributed by atoms with Gasteiger partial charge < -0.3 is 4.74 Å². The largest absolute Gasteiger partial charge is 0.465 e. The SMILES string of the molecule is CCOC(=O)C(C#N)C(C)(C)C(=O)C=C(C)C. The second-order valence-corrected chi connectivity index (χ2v) is 4.62. The third-order valence-electron chi connectivity index (χ3n) is 2.43. The van der Waals surface area contributed by atoms with Crippen molar-refractivity contribution in [1.82, 2.24) is 0 Å². The van der Waals surface area contributed by atoms with Crippen molar-refractivity contribution in [3.05, 3.63) is 11.6 Å². The van der Waals surface area contributed by atoms with Gasteiger partial charge >= 0.3 is 5.97 Å². The molecule has 0 aliphatic carbocycles. The zero-order valence-electron chi connectivity index (χ0n) is 11.0. The Hall–Kier alpha value is -1.63. The smallest absolute Gasteiger partial charge is 0.324 e. The monoisotopic (exact) mass is 237 g/mol. The number of nitriles is 1. The average molecular weight is 237 g/mol. The summed E-state index contributed by atoms with van der Waals surface area (Å²) in [6, 6.07) is 1.86. The van der Waals surface area contributed by atoms with E-state index in [-0.39, 0.29) is 12.4 Å². The van der Waals surface area contributed by atoms with Crippen LogP contribution in [0.25, 0.3) is 0 Å². The van der Waals surface area contributed by atoms with E-state index in [0.717, 1.165) is 5.57 Å². The lowest BCUT2D eigenvalue weighted by Gasteiger charge is -2.25. The fourth-order valence-corrected chi connectivity index (χ4v) is 1.32. The van der Waals surface area contributed by atoms with Crippen LogP contribution in [0, 0.1) is 22.7 Å².